The predicted molar refractivity (Wildman–Crippen MR) is 83.0 cm³/mol. The Kier molecular flexibility index (Phi) is 8.18. The highest BCUT2D eigenvalue weighted by atomic mass is 19.1. The summed E-state index contributed by atoms with van der Waals surface area (Å²) in [6, 6.07) is 4.56. The molecule has 0 radical (unpaired) electrons. The van der Waals surface area contributed by atoms with Crippen LogP contribution in [0.5, 0.6) is 0 Å². The lowest BCUT2D eigenvalue weighted by Crippen LogP contribution is -2.39. The number of rotatable bonds is 9. The van der Waals surface area contributed by atoms with Crippen LogP contribution in [-0.4, -0.2) is 24.5 Å². The highest BCUT2D eigenvalue weighted by Crippen LogP contribution is 2.05. The molecule has 1 aromatic rings. The molecule has 0 fully saturated rings. The third kappa shape index (κ3) is 6.70. The number of hydrogen-bond acceptors (Lipinski definition) is 3. The van der Waals surface area contributed by atoms with Gasteiger partial charge in [0.25, 0.3) is 5.91 Å². The highest BCUT2D eigenvalue weighted by molar-refractivity contribution is 5.96. The van der Waals surface area contributed by atoms with Crippen LogP contribution >= 0.6 is 0 Å². The lowest BCUT2D eigenvalue weighted by atomic mass is 10.2. The topological polar surface area (TPSA) is 55.4 Å². The number of halogens is 1. The van der Waals surface area contributed by atoms with Crippen molar-refractivity contribution >= 4 is 11.9 Å². The molecule has 0 unspecified atom stereocenters. The van der Waals surface area contributed by atoms with Crippen molar-refractivity contribution in [3.63, 3.8) is 0 Å². The van der Waals surface area contributed by atoms with Crippen LogP contribution in [0.25, 0.3) is 0 Å². The quantitative estimate of drug-likeness (QED) is 0.561. The van der Waals surface area contributed by atoms with Crippen LogP contribution in [0.15, 0.2) is 24.3 Å². The second kappa shape index (κ2) is 9.92. The fourth-order valence-corrected chi connectivity index (χ4v) is 1.97. The Bertz CT molecular complexity index is 491. The van der Waals surface area contributed by atoms with Crippen LogP contribution in [0.4, 0.5) is 4.39 Å². The van der Waals surface area contributed by atoms with Gasteiger partial charge in [0.15, 0.2) is 0 Å². The lowest BCUT2D eigenvalue weighted by Gasteiger charge is -2.13. The Morgan fingerprint density at radius 3 is 2.64 bits per heavy atom. The molecule has 0 aliphatic heterocycles. The highest BCUT2D eigenvalue weighted by Gasteiger charge is 2.18. The van der Waals surface area contributed by atoms with Crippen LogP contribution in [0.1, 0.15) is 56.3 Å². The first-order valence-electron chi connectivity index (χ1n) is 7.77. The van der Waals surface area contributed by atoms with Gasteiger partial charge in [-0.1, -0.05) is 38.7 Å². The van der Waals surface area contributed by atoms with E-state index in [1.807, 2.05) is 0 Å². The van der Waals surface area contributed by atoms with Crippen molar-refractivity contribution in [2.75, 3.05) is 6.61 Å². The Hall–Kier alpha value is -1.91. The van der Waals surface area contributed by atoms with Crippen LogP contribution in [0.3, 0.4) is 0 Å². The number of benzene rings is 1. The number of carbonyl (C=O) groups excluding carboxylic acids is 2. The summed E-state index contributed by atoms with van der Waals surface area (Å²) in [5.74, 6) is -1.46. The summed E-state index contributed by atoms with van der Waals surface area (Å²) >= 11 is 0. The van der Waals surface area contributed by atoms with Gasteiger partial charge in [-0.05, 0) is 31.5 Å². The van der Waals surface area contributed by atoms with E-state index in [9.17, 15) is 14.0 Å². The standard InChI is InChI=1S/C17H24FNO3/c1-3-4-5-6-7-11-22-17(21)13(2)19-16(20)14-9-8-10-15(18)12-14/h8-10,12-13H,3-7,11H2,1-2H3,(H,19,20)/t13-/m0/s1. The van der Waals surface area contributed by atoms with E-state index < -0.39 is 23.7 Å². The van der Waals surface area contributed by atoms with Crippen molar-refractivity contribution in [1.82, 2.24) is 5.32 Å². The molecule has 1 N–H and O–H groups in total. The second-order valence-corrected chi connectivity index (χ2v) is 5.29. The van der Waals surface area contributed by atoms with E-state index in [1.165, 1.54) is 31.0 Å². The van der Waals surface area contributed by atoms with E-state index >= 15 is 0 Å². The zero-order valence-corrected chi connectivity index (χ0v) is 13.2. The van der Waals surface area contributed by atoms with Gasteiger partial charge in [-0.25, -0.2) is 9.18 Å². The molecule has 1 rings (SSSR count). The van der Waals surface area contributed by atoms with E-state index in [-0.39, 0.29) is 5.56 Å². The van der Waals surface area contributed by atoms with Gasteiger partial charge in [-0.2, -0.15) is 0 Å². The monoisotopic (exact) mass is 309 g/mol. The van der Waals surface area contributed by atoms with E-state index in [0.29, 0.717) is 6.61 Å². The van der Waals surface area contributed by atoms with Gasteiger partial charge < -0.3 is 10.1 Å². The molecule has 1 amide bonds. The zero-order chi connectivity index (χ0) is 16.4. The van der Waals surface area contributed by atoms with Gasteiger partial charge in [0.1, 0.15) is 11.9 Å². The third-order valence-electron chi connectivity index (χ3n) is 3.28. The van der Waals surface area contributed by atoms with Crippen molar-refractivity contribution in [1.29, 1.82) is 0 Å². The van der Waals surface area contributed by atoms with Crippen molar-refractivity contribution in [3.05, 3.63) is 35.6 Å². The van der Waals surface area contributed by atoms with Crippen LogP contribution < -0.4 is 5.32 Å². The number of hydrogen-bond donors (Lipinski definition) is 1. The minimum absolute atomic E-state index is 0.180. The van der Waals surface area contributed by atoms with E-state index in [2.05, 4.69) is 12.2 Å². The molecule has 0 aliphatic carbocycles. The third-order valence-corrected chi connectivity index (χ3v) is 3.28. The molecule has 1 atom stereocenters. The summed E-state index contributed by atoms with van der Waals surface area (Å²) in [7, 11) is 0. The van der Waals surface area contributed by atoms with Gasteiger partial charge >= 0.3 is 5.97 Å². The van der Waals surface area contributed by atoms with E-state index in [1.54, 1.807) is 6.92 Å². The summed E-state index contributed by atoms with van der Waals surface area (Å²) in [5.41, 5.74) is 0.180. The summed E-state index contributed by atoms with van der Waals surface area (Å²) < 4.78 is 18.2. The summed E-state index contributed by atoms with van der Waals surface area (Å²) in [4.78, 5) is 23.6. The fourth-order valence-electron chi connectivity index (χ4n) is 1.97. The molecule has 0 heterocycles. The molecule has 122 valence electrons. The molecule has 0 saturated carbocycles. The van der Waals surface area contributed by atoms with Crippen LogP contribution in [0, 0.1) is 5.82 Å². The van der Waals surface area contributed by atoms with Crippen LogP contribution in [0.2, 0.25) is 0 Å². The maximum atomic E-state index is 13.0. The first-order valence-corrected chi connectivity index (χ1v) is 7.77. The summed E-state index contributed by atoms with van der Waals surface area (Å²) in [5, 5.41) is 2.50. The summed E-state index contributed by atoms with van der Waals surface area (Å²) in [6.45, 7) is 4.06. The van der Waals surface area contributed by atoms with E-state index in [0.717, 1.165) is 25.3 Å². The van der Waals surface area contributed by atoms with Gasteiger partial charge in [0.05, 0.1) is 6.61 Å². The number of esters is 1. The van der Waals surface area contributed by atoms with E-state index in [4.69, 9.17) is 4.74 Å². The minimum atomic E-state index is -0.758. The molecule has 0 spiro atoms. The maximum Gasteiger partial charge on any atom is 0.328 e. The number of carbonyl (C=O) groups is 2. The molecule has 4 nitrogen and oxygen atoms in total. The number of ether oxygens (including phenoxy) is 1. The zero-order valence-electron chi connectivity index (χ0n) is 13.2. The maximum absolute atomic E-state index is 13.0. The molecule has 22 heavy (non-hydrogen) atoms. The Morgan fingerprint density at radius 2 is 1.95 bits per heavy atom. The molecular weight excluding hydrogens is 285 g/mol. The average molecular weight is 309 g/mol. The van der Waals surface area contributed by atoms with Crippen molar-refractivity contribution < 1.29 is 18.7 Å². The first-order chi connectivity index (χ1) is 10.5. The average Bonchev–Trinajstić information content (AvgIpc) is 2.50. The second-order valence-electron chi connectivity index (χ2n) is 5.29. The molecule has 0 saturated heterocycles. The molecule has 0 aliphatic rings. The Labute approximate surface area is 131 Å². The van der Waals surface area contributed by atoms with Gasteiger partial charge in [-0.15, -0.1) is 0 Å². The number of amides is 1. The molecular formula is C17H24FNO3. The normalized spacial score (nSPS) is 11.8. The Balaban J connectivity index is 2.30. The van der Waals surface area contributed by atoms with Crippen molar-refractivity contribution in [2.24, 2.45) is 0 Å². The largest absolute Gasteiger partial charge is 0.464 e. The molecule has 5 heteroatoms. The first kappa shape index (κ1) is 18.1. The molecule has 1 aromatic carbocycles. The smallest absolute Gasteiger partial charge is 0.328 e. The van der Waals surface area contributed by atoms with Gasteiger partial charge in [0, 0.05) is 5.56 Å². The van der Waals surface area contributed by atoms with Gasteiger partial charge in [0.2, 0.25) is 0 Å². The Morgan fingerprint density at radius 1 is 1.23 bits per heavy atom. The number of nitrogens with one attached hydrogen (secondary N) is 1. The molecule has 0 bridgehead atoms. The number of unbranched alkanes of at least 4 members (excludes halogenated alkanes) is 4. The van der Waals surface area contributed by atoms with Crippen molar-refractivity contribution in [3.8, 4) is 0 Å². The predicted octanol–water partition coefficient (Wildman–Crippen LogP) is 3.46. The molecule has 0 aromatic heterocycles. The minimum Gasteiger partial charge on any atom is -0.464 e. The SMILES string of the molecule is CCCCCCCOC(=O)[C@H](C)NC(=O)c1cccc(F)c1. The van der Waals surface area contributed by atoms with Crippen molar-refractivity contribution in [2.45, 2.75) is 52.0 Å². The lowest BCUT2D eigenvalue weighted by molar-refractivity contribution is -0.145. The summed E-state index contributed by atoms with van der Waals surface area (Å²) in [6.07, 6.45) is 5.36. The van der Waals surface area contributed by atoms with Crippen LogP contribution in [-0.2, 0) is 9.53 Å². The van der Waals surface area contributed by atoms with Gasteiger partial charge in [-0.3, -0.25) is 4.79 Å². The fraction of sp³-hybridized carbons (Fsp3) is 0.529.